The summed E-state index contributed by atoms with van der Waals surface area (Å²) in [5.74, 6) is 1.20. The molecule has 0 saturated carbocycles. The number of imidazole rings is 1. The Balaban J connectivity index is 2.35. The molecule has 18 heavy (non-hydrogen) atoms. The number of nitrogens with zero attached hydrogens (tertiary/aromatic N) is 2. The monoisotopic (exact) mass is 245 g/mol. The van der Waals surface area contributed by atoms with Crippen molar-refractivity contribution >= 4 is 16.7 Å². The van der Waals surface area contributed by atoms with Gasteiger partial charge in [0.15, 0.2) is 0 Å². The number of rotatable bonds is 6. The molecule has 2 aromatic rings. The summed E-state index contributed by atoms with van der Waals surface area (Å²) in [5.41, 5.74) is 8.89. The first-order valence-electron chi connectivity index (χ1n) is 7.01. The number of unbranched alkanes of at least 4 members (excludes halogenated alkanes) is 2. The lowest BCUT2D eigenvalue weighted by Gasteiger charge is -2.08. The van der Waals surface area contributed by atoms with E-state index in [4.69, 9.17) is 10.7 Å². The van der Waals surface area contributed by atoms with Crippen LogP contribution in [-0.4, -0.2) is 9.55 Å². The predicted molar refractivity (Wildman–Crippen MR) is 77.7 cm³/mol. The maximum absolute atomic E-state index is 5.83. The van der Waals surface area contributed by atoms with E-state index in [1.54, 1.807) is 0 Å². The van der Waals surface area contributed by atoms with Crippen molar-refractivity contribution in [2.75, 3.05) is 5.73 Å². The van der Waals surface area contributed by atoms with Crippen LogP contribution in [0.4, 0.5) is 5.69 Å². The Labute approximate surface area is 109 Å². The molecule has 0 aliphatic rings. The van der Waals surface area contributed by atoms with Crippen molar-refractivity contribution in [1.29, 1.82) is 0 Å². The molecule has 2 rings (SSSR count). The maximum Gasteiger partial charge on any atom is 0.109 e. The second-order valence-corrected chi connectivity index (χ2v) is 4.88. The Morgan fingerprint density at radius 2 is 2.00 bits per heavy atom. The first kappa shape index (κ1) is 12.9. The second-order valence-electron chi connectivity index (χ2n) is 4.88. The Bertz CT molecular complexity index is 514. The van der Waals surface area contributed by atoms with Gasteiger partial charge in [-0.2, -0.15) is 0 Å². The van der Waals surface area contributed by atoms with Gasteiger partial charge < -0.3 is 10.3 Å². The molecule has 0 spiro atoms. The fourth-order valence-electron chi connectivity index (χ4n) is 2.38. The fraction of sp³-hybridized carbons (Fsp3) is 0.533. The number of hydrogen-bond donors (Lipinski definition) is 1. The van der Waals surface area contributed by atoms with Crippen LogP contribution in [0, 0.1) is 0 Å². The summed E-state index contributed by atoms with van der Waals surface area (Å²) in [7, 11) is 0. The van der Waals surface area contributed by atoms with Crippen LogP contribution >= 0.6 is 0 Å². The highest BCUT2D eigenvalue weighted by Gasteiger charge is 2.09. The molecule has 0 bridgehead atoms. The van der Waals surface area contributed by atoms with Gasteiger partial charge in [-0.05, 0) is 31.0 Å². The summed E-state index contributed by atoms with van der Waals surface area (Å²) in [4.78, 5) is 4.72. The zero-order valence-electron chi connectivity index (χ0n) is 11.4. The number of aryl methyl sites for hydroxylation is 2. The summed E-state index contributed by atoms with van der Waals surface area (Å²) in [6.07, 6.45) is 5.93. The molecule has 2 N–H and O–H groups in total. The molecule has 0 aliphatic carbocycles. The molecule has 98 valence electrons. The largest absolute Gasteiger partial charge is 0.399 e. The van der Waals surface area contributed by atoms with E-state index in [0.29, 0.717) is 0 Å². The molecule has 0 amide bonds. The second kappa shape index (κ2) is 5.89. The molecule has 0 radical (unpaired) electrons. The van der Waals surface area contributed by atoms with Crippen molar-refractivity contribution in [2.24, 2.45) is 0 Å². The average molecular weight is 245 g/mol. The van der Waals surface area contributed by atoms with E-state index in [0.717, 1.165) is 30.6 Å². The number of nitrogens with two attached hydrogens (primary N) is 1. The standard InChI is InChI=1S/C15H23N3/c1-3-5-6-10-18-14-9-8-12(16)11-13(14)17-15(18)7-4-2/h8-9,11H,3-7,10,16H2,1-2H3. The number of anilines is 1. The molecule has 0 aliphatic heterocycles. The molecule has 3 nitrogen and oxygen atoms in total. The first-order chi connectivity index (χ1) is 8.76. The van der Waals surface area contributed by atoms with E-state index in [2.05, 4.69) is 24.5 Å². The number of benzene rings is 1. The van der Waals surface area contributed by atoms with Crippen molar-refractivity contribution in [2.45, 2.75) is 52.5 Å². The van der Waals surface area contributed by atoms with Crippen molar-refractivity contribution in [3.8, 4) is 0 Å². The topological polar surface area (TPSA) is 43.8 Å². The van der Waals surface area contributed by atoms with Gasteiger partial charge in [0.1, 0.15) is 5.82 Å². The van der Waals surface area contributed by atoms with Gasteiger partial charge in [-0.3, -0.25) is 0 Å². The summed E-state index contributed by atoms with van der Waals surface area (Å²) < 4.78 is 2.37. The quantitative estimate of drug-likeness (QED) is 0.622. The Morgan fingerprint density at radius 3 is 2.72 bits per heavy atom. The normalized spacial score (nSPS) is 11.2. The average Bonchev–Trinajstić information content (AvgIpc) is 2.67. The van der Waals surface area contributed by atoms with E-state index in [9.17, 15) is 0 Å². The summed E-state index contributed by atoms with van der Waals surface area (Å²) in [6.45, 7) is 5.51. The smallest absolute Gasteiger partial charge is 0.109 e. The highest BCUT2D eigenvalue weighted by atomic mass is 15.1. The van der Waals surface area contributed by atoms with Crippen LogP contribution in [0.15, 0.2) is 18.2 Å². The van der Waals surface area contributed by atoms with Crippen LogP contribution in [-0.2, 0) is 13.0 Å². The highest BCUT2D eigenvalue weighted by Crippen LogP contribution is 2.20. The molecule has 0 fully saturated rings. The number of hydrogen-bond acceptors (Lipinski definition) is 2. The SMILES string of the molecule is CCCCCn1c(CCC)nc2cc(N)ccc21. The molecule has 0 atom stereocenters. The van der Waals surface area contributed by atoms with Gasteiger partial charge in [0.2, 0.25) is 0 Å². The number of fused-ring (bicyclic) bond motifs is 1. The van der Waals surface area contributed by atoms with Gasteiger partial charge in [0.05, 0.1) is 11.0 Å². The van der Waals surface area contributed by atoms with Gasteiger partial charge >= 0.3 is 0 Å². The van der Waals surface area contributed by atoms with Crippen molar-refractivity contribution in [1.82, 2.24) is 9.55 Å². The molecule has 1 aromatic heterocycles. The van der Waals surface area contributed by atoms with Gasteiger partial charge in [-0.15, -0.1) is 0 Å². The molecule has 1 heterocycles. The lowest BCUT2D eigenvalue weighted by atomic mass is 10.2. The summed E-state index contributed by atoms with van der Waals surface area (Å²) in [6, 6.07) is 6.05. The van der Waals surface area contributed by atoms with Gasteiger partial charge in [0.25, 0.3) is 0 Å². The summed E-state index contributed by atoms with van der Waals surface area (Å²) in [5, 5.41) is 0. The molecule has 0 saturated heterocycles. The lowest BCUT2D eigenvalue weighted by molar-refractivity contribution is 0.588. The molecule has 0 unspecified atom stereocenters. The minimum atomic E-state index is 0.795. The number of aromatic nitrogens is 2. The van der Waals surface area contributed by atoms with Crippen LogP contribution in [0.25, 0.3) is 11.0 Å². The predicted octanol–water partition coefficient (Wildman–Crippen LogP) is 3.76. The Kier molecular flexibility index (Phi) is 4.24. The lowest BCUT2D eigenvalue weighted by Crippen LogP contribution is -2.04. The van der Waals surface area contributed by atoms with E-state index in [1.807, 2.05) is 12.1 Å². The molecule has 3 heteroatoms. The minimum Gasteiger partial charge on any atom is -0.399 e. The summed E-state index contributed by atoms with van der Waals surface area (Å²) >= 11 is 0. The maximum atomic E-state index is 5.83. The van der Waals surface area contributed by atoms with Gasteiger partial charge in [-0.25, -0.2) is 4.98 Å². The van der Waals surface area contributed by atoms with Crippen molar-refractivity contribution in [3.63, 3.8) is 0 Å². The Morgan fingerprint density at radius 1 is 1.17 bits per heavy atom. The van der Waals surface area contributed by atoms with Crippen LogP contribution in [0.5, 0.6) is 0 Å². The minimum absolute atomic E-state index is 0.795. The third kappa shape index (κ3) is 2.66. The van der Waals surface area contributed by atoms with Crippen molar-refractivity contribution < 1.29 is 0 Å². The third-order valence-electron chi connectivity index (χ3n) is 3.31. The number of nitrogen functional groups attached to an aromatic ring is 1. The van der Waals surface area contributed by atoms with E-state index in [-0.39, 0.29) is 0 Å². The van der Waals surface area contributed by atoms with Crippen molar-refractivity contribution in [3.05, 3.63) is 24.0 Å². The van der Waals surface area contributed by atoms with Crippen LogP contribution in [0.1, 0.15) is 45.4 Å². The van der Waals surface area contributed by atoms with Crippen LogP contribution < -0.4 is 5.73 Å². The van der Waals surface area contributed by atoms with Crippen LogP contribution in [0.3, 0.4) is 0 Å². The third-order valence-corrected chi connectivity index (χ3v) is 3.31. The van der Waals surface area contributed by atoms with Crippen LogP contribution in [0.2, 0.25) is 0 Å². The Hall–Kier alpha value is -1.51. The highest BCUT2D eigenvalue weighted by molar-refractivity contribution is 5.79. The van der Waals surface area contributed by atoms with E-state index in [1.165, 1.54) is 30.6 Å². The van der Waals surface area contributed by atoms with E-state index >= 15 is 0 Å². The van der Waals surface area contributed by atoms with E-state index < -0.39 is 0 Å². The zero-order chi connectivity index (χ0) is 13.0. The fourth-order valence-corrected chi connectivity index (χ4v) is 2.38. The van der Waals surface area contributed by atoms with Gasteiger partial charge in [-0.1, -0.05) is 26.7 Å². The molecular weight excluding hydrogens is 222 g/mol. The molecule has 1 aromatic carbocycles. The molecular formula is C15H23N3. The van der Waals surface area contributed by atoms with Gasteiger partial charge in [0, 0.05) is 18.7 Å². The zero-order valence-corrected chi connectivity index (χ0v) is 11.4. The first-order valence-corrected chi connectivity index (χ1v) is 7.01.